The molecule has 149 heavy (non-hydrogen) atoms. The maximum atomic E-state index is 13.6. The minimum absolute atomic E-state index is 0.00581. The molecule has 10 aromatic heterocycles. The van der Waals surface area contributed by atoms with Crippen LogP contribution in [0, 0.1) is 0 Å². The van der Waals surface area contributed by atoms with Crippen molar-refractivity contribution in [3.05, 3.63) is 186 Å². The van der Waals surface area contributed by atoms with Crippen LogP contribution in [0.25, 0.3) is 0 Å². The van der Waals surface area contributed by atoms with E-state index in [1.807, 2.05) is 19.0 Å². The van der Waals surface area contributed by atoms with Crippen molar-refractivity contribution in [3.8, 4) is 0 Å². The van der Waals surface area contributed by atoms with Crippen molar-refractivity contribution >= 4 is 175 Å². The zero-order valence-electron chi connectivity index (χ0n) is 84.0. The fourth-order valence-electron chi connectivity index (χ4n) is 15.2. The van der Waals surface area contributed by atoms with Gasteiger partial charge in [0.25, 0.3) is 65.0 Å². The Bertz CT molecular complexity index is 6860. The van der Waals surface area contributed by atoms with Crippen LogP contribution in [0.2, 0.25) is 0 Å². The number of hydrogen-bond donors (Lipinski definition) is 20. The summed E-state index contributed by atoms with van der Waals surface area (Å²) >= 11 is 0. The number of carbonyl (C=O) groups is 19. The second-order valence-electron chi connectivity index (χ2n) is 35.1. The van der Waals surface area contributed by atoms with E-state index in [9.17, 15) is 91.1 Å². The molecule has 11 aromatic rings. The van der Waals surface area contributed by atoms with E-state index in [-0.39, 0.29) is 207 Å². The summed E-state index contributed by atoms with van der Waals surface area (Å²) in [4.78, 5) is 266. The Kier molecular flexibility index (Phi) is 38.9. The van der Waals surface area contributed by atoms with Crippen LogP contribution in [0.1, 0.15) is 206 Å². The number of nitrogens with one attached hydrogen (secondary N) is 19. The maximum Gasteiger partial charge on any atom is 0.292 e. The Hall–Kier alpha value is -18.4. The van der Waals surface area contributed by atoms with Crippen molar-refractivity contribution in [3.63, 3.8) is 0 Å². The summed E-state index contributed by atoms with van der Waals surface area (Å²) in [6.07, 6.45) is 18.3. The number of carbonyl (C=O) groups excluding carboxylic acids is 19. The molecule has 0 atom stereocenters. The predicted molar refractivity (Wildman–Crippen MR) is 543 cm³/mol. The average Bonchev–Trinajstić information content (AvgIpc) is 1.68. The molecule has 0 aliphatic carbocycles. The van der Waals surface area contributed by atoms with Gasteiger partial charge in [-0.25, -0.2) is 25.4 Å². The van der Waals surface area contributed by atoms with Crippen LogP contribution in [0.5, 0.6) is 0 Å². The van der Waals surface area contributed by atoms with Crippen molar-refractivity contribution in [2.24, 2.45) is 70.5 Å². The van der Waals surface area contributed by atoms with Gasteiger partial charge < -0.3 is 146 Å². The number of benzene rings is 1. The van der Waals surface area contributed by atoms with Gasteiger partial charge >= 0.3 is 0 Å². The largest absolute Gasteiger partial charge is 0.356 e. The third kappa shape index (κ3) is 32.5. The second-order valence-corrected chi connectivity index (χ2v) is 35.1. The summed E-state index contributed by atoms with van der Waals surface area (Å²) in [5.41, 5.74) is 5.15. The molecule has 20 N–H and O–H groups in total. The topological polar surface area (TPSA) is 677 Å². The first kappa shape index (κ1) is 111. The molecular weight excluding hydrogens is 1940 g/mol. The van der Waals surface area contributed by atoms with Crippen LogP contribution in [-0.2, 0) is 109 Å². The molecule has 0 radical (unpaired) electrons. The van der Waals surface area contributed by atoms with Gasteiger partial charge in [-0.15, -0.1) is 0 Å². The van der Waals surface area contributed by atoms with E-state index in [1.165, 1.54) is 167 Å². The Balaban J connectivity index is 0.531. The normalized spacial score (nSPS) is 10.9. The zero-order chi connectivity index (χ0) is 108. The minimum atomic E-state index is -0.761. The van der Waals surface area contributed by atoms with E-state index in [4.69, 9.17) is 5.21 Å². The summed E-state index contributed by atoms with van der Waals surface area (Å²) in [7, 11) is 19.6. The zero-order valence-corrected chi connectivity index (χ0v) is 84.0. The first-order valence-electron chi connectivity index (χ1n) is 47.1. The minimum Gasteiger partial charge on any atom is -0.356 e. The molecular formula is C95H120N34O20. The van der Waals surface area contributed by atoms with Crippen molar-refractivity contribution in [1.29, 1.82) is 0 Å². The molecule has 0 bridgehead atoms. The standard InChI is InChI=1S/C95H120N34O20/c1-119(2)38-18-32-96-73(130)27-35-100-87(140)64-41-59(47-120(64)3)106-89(142)67-40-58(46-124(67)7)105-77(134)29-36-101-88(141)65-42-60(48-121(65)4)107-91(144)68-44-61(49-125(68)8)108-90(143)66-39-57(45-123(66)6)104-76(133)21-17-31-98-86(139)63-43-62(50-122(63)5)109-93(146)82-115-72(54-129(82)12)117-95(148)84-113-70(52-128(84)11)111-79(136)30-37-102-92(145)81-114-71(53-126(81)9)116-94(147)83-112-69(51-127(83)10)110-78(135)28-33-97-74(131)26-34-99-85(138)55-22-24-56(25-23-55)103-75(132)19-15-13-14-16-20-80(137)118-149/h22-25,39-54,149H,13-21,26-38H2,1-12H3,(H,96,130)(H,97,131)(H,98,139)(H,99,138)(H,100,140)(H,101,141)(H,102,145)(H,103,132)(H,104,133)(H,105,134)(H,106,142)(H,107,144)(H,108,143)(H,109,146)(H,110,135)(H,111,136)(H,116,147)(H,117,148)(H,118,137). The van der Waals surface area contributed by atoms with Gasteiger partial charge in [-0.05, 0) is 107 Å². The Morgan fingerprint density at radius 3 is 0.866 bits per heavy atom. The van der Waals surface area contributed by atoms with E-state index in [0.29, 0.717) is 47.7 Å². The quantitative estimate of drug-likeness (QED) is 0.0148. The summed E-state index contributed by atoms with van der Waals surface area (Å²) in [6, 6.07) is 15.0. The fraction of sp³-hybridized carbons (Fsp3) is 0.358. The van der Waals surface area contributed by atoms with Gasteiger partial charge in [-0.2, -0.15) is 0 Å². The highest BCUT2D eigenvalue weighted by Gasteiger charge is 2.28. The molecule has 54 heteroatoms. The molecule has 790 valence electrons. The molecule has 1 aromatic carbocycles. The van der Waals surface area contributed by atoms with E-state index in [0.717, 1.165) is 25.8 Å². The number of aryl methyl sites for hydroxylation is 10. The Morgan fingerprint density at radius 1 is 0.235 bits per heavy atom. The third-order valence-electron chi connectivity index (χ3n) is 22.7. The number of amides is 19. The average molecular weight is 2060 g/mol. The van der Waals surface area contributed by atoms with Crippen LogP contribution in [-0.4, -0.2) is 254 Å². The number of aromatic nitrogens is 14. The van der Waals surface area contributed by atoms with Crippen molar-refractivity contribution < 1.29 is 96.3 Å². The van der Waals surface area contributed by atoms with Crippen LogP contribution in [0.4, 0.5) is 63.1 Å². The van der Waals surface area contributed by atoms with E-state index < -0.39 is 100 Å². The van der Waals surface area contributed by atoms with Crippen LogP contribution in [0.3, 0.4) is 0 Å². The number of hydroxylamine groups is 1. The van der Waals surface area contributed by atoms with Gasteiger partial charge in [0.2, 0.25) is 70.6 Å². The summed E-state index contributed by atoms with van der Waals surface area (Å²) < 4.78 is 14.4. The lowest BCUT2D eigenvalue weighted by molar-refractivity contribution is -0.129. The van der Waals surface area contributed by atoms with Crippen LogP contribution in [0.15, 0.2) is 123 Å². The smallest absolute Gasteiger partial charge is 0.292 e. The van der Waals surface area contributed by atoms with Crippen molar-refractivity contribution in [1.82, 2.24) is 113 Å². The maximum absolute atomic E-state index is 13.6. The number of anilines is 11. The third-order valence-corrected chi connectivity index (χ3v) is 22.7. The highest BCUT2D eigenvalue weighted by molar-refractivity contribution is 6.11. The summed E-state index contributed by atoms with van der Waals surface area (Å²) in [5, 5.41) is 56.9. The van der Waals surface area contributed by atoms with Gasteiger partial charge in [0.1, 0.15) is 34.2 Å². The van der Waals surface area contributed by atoms with Gasteiger partial charge in [-0.3, -0.25) is 96.3 Å². The Morgan fingerprint density at radius 2 is 0.497 bits per heavy atom. The molecule has 0 saturated carbocycles. The lowest BCUT2D eigenvalue weighted by atomic mass is 10.1. The molecule has 0 spiro atoms. The molecule has 0 fully saturated rings. The number of imidazole rings is 4. The number of rotatable bonds is 52. The number of hydrogen-bond acceptors (Lipinski definition) is 25. The van der Waals surface area contributed by atoms with Crippen molar-refractivity contribution in [2.45, 2.75) is 89.9 Å². The molecule has 0 aliphatic rings. The highest BCUT2D eigenvalue weighted by Crippen LogP contribution is 2.25. The SMILES string of the molecule is CN(C)CCCNC(=O)CCNC(=O)c1cc(NC(=O)c2cc(NC(=O)CCNC(=O)c3cc(NC(=O)c4cc(NC(=O)c5cc(NC(=O)CCCNC(=O)c6cc(NC(=O)c7nc(NC(=O)c8nc(NC(=O)CCNC(=O)c9nc(NC(=O)c%10nc(NC(=O)CCNC(=O)CCNC(=O)c%11ccc(NC(=O)CCCCCCC(=O)NO)cc%11)cn%10C)cn9C)cn8C)cn7C)cn6C)cn5C)cn4C)cn3C)cn2C)cn1C. The first-order chi connectivity index (χ1) is 71.0. The van der Waals surface area contributed by atoms with Gasteiger partial charge in [0.05, 0.1) is 34.1 Å². The van der Waals surface area contributed by atoms with Crippen LogP contribution >= 0.6 is 0 Å². The molecule has 11 rings (SSSR count). The predicted octanol–water partition coefficient (Wildman–Crippen LogP) is 3.07. The Labute approximate surface area is 851 Å². The lowest BCUT2D eigenvalue weighted by Crippen LogP contribution is -2.32. The van der Waals surface area contributed by atoms with Gasteiger partial charge in [-0.1, -0.05) is 12.8 Å². The van der Waals surface area contributed by atoms with Gasteiger partial charge in [0, 0.05) is 241 Å². The summed E-state index contributed by atoms with van der Waals surface area (Å²) in [5.74, 6) is -10.4. The van der Waals surface area contributed by atoms with Crippen molar-refractivity contribution in [2.75, 3.05) is 125 Å². The number of nitrogens with zero attached hydrogens (tertiary/aromatic N) is 15. The molecule has 0 unspecified atom stereocenters. The molecule has 54 nitrogen and oxygen atoms in total. The van der Waals surface area contributed by atoms with Gasteiger partial charge in [0.15, 0.2) is 23.3 Å². The van der Waals surface area contributed by atoms with E-state index in [1.54, 1.807) is 76.9 Å². The molecule has 0 saturated heterocycles. The fourth-order valence-corrected chi connectivity index (χ4v) is 15.2. The summed E-state index contributed by atoms with van der Waals surface area (Å²) in [6.45, 7) is 1.24. The highest BCUT2D eigenvalue weighted by atomic mass is 16.5. The lowest BCUT2D eigenvalue weighted by Gasteiger charge is -2.10. The van der Waals surface area contributed by atoms with E-state index in [2.05, 4.69) is 116 Å². The van der Waals surface area contributed by atoms with E-state index >= 15 is 0 Å². The molecule has 0 aliphatic heterocycles. The number of unbranched alkanes of at least 4 members (excludes halogenated alkanes) is 3. The second kappa shape index (κ2) is 52.2. The monoisotopic (exact) mass is 2060 g/mol. The first-order valence-corrected chi connectivity index (χ1v) is 47.1. The van der Waals surface area contributed by atoms with Crippen LogP contribution < -0.4 is 101 Å². The molecule has 19 amide bonds. The molecule has 10 heterocycles.